The number of hydrogen-bond donors (Lipinski definition) is 0. The van der Waals surface area contributed by atoms with Crippen molar-refractivity contribution >= 4 is 18.5 Å². The minimum atomic E-state index is -0.182. The van der Waals surface area contributed by atoms with Gasteiger partial charge in [0.05, 0.1) is 0 Å². The summed E-state index contributed by atoms with van der Waals surface area (Å²) >= 11 is 0. The van der Waals surface area contributed by atoms with Gasteiger partial charge in [0, 0.05) is 0 Å². The van der Waals surface area contributed by atoms with Crippen LogP contribution in [-0.4, -0.2) is 6.16 Å². The van der Waals surface area contributed by atoms with E-state index < -0.39 is 0 Å². The van der Waals surface area contributed by atoms with Crippen molar-refractivity contribution in [3.63, 3.8) is 0 Å². The molecule has 1 radical (unpaired) electrons. The van der Waals surface area contributed by atoms with Crippen LogP contribution in [-0.2, 0) is 0 Å². The molecule has 2 rings (SSSR count). The lowest BCUT2D eigenvalue weighted by Crippen LogP contribution is -2.13. The van der Waals surface area contributed by atoms with Crippen molar-refractivity contribution in [2.45, 2.75) is 19.8 Å². The first-order valence-electron chi connectivity index (χ1n) is 6.57. The van der Waals surface area contributed by atoms with Crippen LogP contribution in [0.4, 0.5) is 0 Å². The van der Waals surface area contributed by atoms with Crippen LogP contribution in [0.15, 0.2) is 60.7 Å². The molecule has 93 valence electrons. The molecule has 0 nitrogen and oxygen atoms in total. The van der Waals surface area contributed by atoms with Gasteiger partial charge in [0.2, 0.25) is 0 Å². The van der Waals surface area contributed by atoms with E-state index in [4.69, 9.17) is 0 Å². The molecular weight excluding hydrogens is 235 g/mol. The van der Waals surface area contributed by atoms with Gasteiger partial charge in [0.1, 0.15) is 0 Å². The maximum Gasteiger partial charge on any atom is -0.0195 e. The van der Waals surface area contributed by atoms with Crippen molar-refractivity contribution in [1.82, 2.24) is 0 Å². The number of rotatable bonds is 6. The van der Waals surface area contributed by atoms with Crippen LogP contribution in [0.3, 0.4) is 0 Å². The second kappa shape index (κ2) is 7.34. The zero-order chi connectivity index (χ0) is 12.6. The Bertz CT molecular complexity index is 396. The van der Waals surface area contributed by atoms with Gasteiger partial charge in [0.15, 0.2) is 0 Å². The summed E-state index contributed by atoms with van der Waals surface area (Å²) in [5.74, 6) is 0. The summed E-state index contributed by atoms with van der Waals surface area (Å²) in [5, 5.41) is 2.99. The molecule has 0 unspecified atom stereocenters. The van der Waals surface area contributed by atoms with Crippen molar-refractivity contribution in [3.8, 4) is 0 Å². The first-order chi connectivity index (χ1) is 8.92. The predicted molar refractivity (Wildman–Crippen MR) is 83.1 cm³/mol. The van der Waals surface area contributed by atoms with E-state index in [-0.39, 0.29) is 7.92 Å². The molecule has 0 atom stereocenters. The largest absolute Gasteiger partial charge is 0.0623 e. The molecule has 0 aliphatic heterocycles. The molecule has 0 bridgehead atoms. The fourth-order valence-electron chi connectivity index (χ4n) is 2.08. The fourth-order valence-corrected chi connectivity index (χ4v) is 4.45. The predicted octanol–water partition coefficient (Wildman–Crippen LogP) is 4.12. The Morgan fingerprint density at radius 1 is 0.833 bits per heavy atom. The molecule has 0 aliphatic rings. The third-order valence-corrected chi connectivity index (χ3v) is 5.62. The van der Waals surface area contributed by atoms with Crippen molar-refractivity contribution in [2.24, 2.45) is 0 Å². The summed E-state index contributed by atoms with van der Waals surface area (Å²) in [6.45, 7) is 2.15. The summed E-state index contributed by atoms with van der Waals surface area (Å²) in [4.78, 5) is 0. The average molecular weight is 255 g/mol. The summed E-state index contributed by atoms with van der Waals surface area (Å²) in [6, 6.07) is 21.9. The van der Waals surface area contributed by atoms with Gasteiger partial charge < -0.3 is 0 Å². The molecule has 18 heavy (non-hydrogen) atoms. The van der Waals surface area contributed by atoms with E-state index in [1.165, 1.54) is 29.6 Å². The van der Waals surface area contributed by atoms with Crippen LogP contribution in [0.2, 0.25) is 0 Å². The first-order valence-corrected chi connectivity index (χ1v) is 8.10. The van der Waals surface area contributed by atoms with Crippen LogP contribution < -0.4 is 10.6 Å². The van der Waals surface area contributed by atoms with E-state index in [1.807, 2.05) is 0 Å². The lowest BCUT2D eigenvalue weighted by atomic mass is 10.3. The van der Waals surface area contributed by atoms with E-state index in [0.29, 0.717) is 0 Å². The topological polar surface area (TPSA) is 0 Å². The van der Waals surface area contributed by atoms with Gasteiger partial charge in [-0.1, -0.05) is 74.0 Å². The monoisotopic (exact) mass is 255 g/mol. The second-order valence-electron chi connectivity index (χ2n) is 4.37. The smallest absolute Gasteiger partial charge is 0.0195 e. The molecule has 1 heteroatoms. The molecule has 0 aromatic heterocycles. The Morgan fingerprint density at radius 2 is 1.33 bits per heavy atom. The van der Waals surface area contributed by atoms with Gasteiger partial charge in [0.25, 0.3) is 0 Å². The highest BCUT2D eigenvalue weighted by Crippen LogP contribution is 2.34. The summed E-state index contributed by atoms with van der Waals surface area (Å²) in [5.41, 5.74) is 0. The summed E-state index contributed by atoms with van der Waals surface area (Å²) in [6.07, 6.45) is 6.06. The molecule has 0 N–H and O–H groups in total. The van der Waals surface area contributed by atoms with Gasteiger partial charge in [-0.25, -0.2) is 0 Å². The van der Waals surface area contributed by atoms with Crippen molar-refractivity contribution in [3.05, 3.63) is 67.1 Å². The first kappa shape index (κ1) is 13.3. The van der Waals surface area contributed by atoms with Crippen LogP contribution >= 0.6 is 7.92 Å². The zero-order valence-electron chi connectivity index (χ0n) is 10.9. The molecule has 2 aromatic carbocycles. The molecule has 0 saturated heterocycles. The van der Waals surface area contributed by atoms with Gasteiger partial charge in [-0.2, -0.15) is 0 Å². The van der Waals surface area contributed by atoms with Crippen molar-refractivity contribution in [1.29, 1.82) is 0 Å². The Morgan fingerprint density at radius 3 is 1.78 bits per heavy atom. The van der Waals surface area contributed by atoms with Gasteiger partial charge >= 0.3 is 0 Å². The Balaban J connectivity index is 2.18. The maximum atomic E-state index is 2.27. The minimum absolute atomic E-state index is 0.182. The van der Waals surface area contributed by atoms with Crippen LogP contribution in [0.25, 0.3) is 0 Å². The van der Waals surface area contributed by atoms with E-state index in [9.17, 15) is 0 Å². The summed E-state index contributed by atoms with van der Waals surface area (Å²) in [7, 11) is -0.182. The normalized spacial score (nSPS) is 10.8. The summed E-state index contributed by atoms with van der Waals surface area (Å²) < 4.78 is 0. The minimum Gasteiger partial charge on any atom is -0.0623 e. The maximum absolute atomic E-state index is 2.27. The fraction of sp³-hybridized carbons (Fsp3) is 0.235. The number of benzene rings is 2. The average Bonchev–Trinajstić information content (AvgIpc) is 2.46. The quantitative estimate of drug-likeness (QED) is 0.538. The second-order valence-corrected chi connectivity index (χ2v) is 6.71. The lowest BCUT2D eigenvalue weighted by Gasteiger charge is -2.18. The molecule has 2 aromatic rings. The molecule has 0 amide bonds. The highest BCUT2D eigenvalue weighted by molar-refractivity contribution is 7.73. The SMILES string of the molecule is C[CH]CCCP(c1ccccc1)c1ccccc1. The van der Waals surface area contributed by atoms with Crippen LogP contribution in [0.5, 0.6) is 0 Å². The standard InChI is InChI=1S/C17H20P/c1-2-3-10-15-18(16-11-6-4-7-12-16)17-13-8-5-9-14-17/h2,4-9,11-14H,3,10,15H2,1H3. The Labute approximate surface area is 112 Å². The van der Waals surface area contributed by atoms with E-state index >= 15 is 0 Å². The van der Waals surface area contributed by atoms with Crippen molar-refractivity contribution in [2.75, 3.05) is 6.16 Å². The van der Waals surface area contributed by atoms with E-state index in [2.05, 4.69) is 74.0 Å². The molecule has 0 saturated carbocycles. The molecular formula is C17H20P. The highest BCUT2D eigenvalue weighted by Gasteiger charge is 2.12. The lowest BCUT2D eigenvalue weighted by molar-refractivity contribution is 0.909. The third kappa shape index (κ3) is 3.68. The Kier molecular flexibility index (Phi) is 5.42. The van der Waals surface area contributed by atoms with Crippen molar-refractivity contribution < 1.29 is 0 Å². The van der Waals surface area contributed by atoms with Crippen LogP contribution in [0.1, 0.15) is 19.8 Å². The molecule has 0 aliphatic carbocycles. The van der Waals surface area contributed by atoms with Gasteiger partial charge in [-0.05, 0) is 37.5 Å². The molecule has 0 heterocycles. The van der Waals surface area contributed by atoms with E-state index in [1.54, 1.807) is 0 Å². The molecule has 0 spiro atoms. The zero-order valence-corrected chi connectivity index (χ0v) is 11.8. The van der Waals surface area contributed by atoms with Crippen LogP contribution in [0, 0.1) is 6.42 Å². The van der Waals surface area contributed by atoms with Gasteiger partial charge in [-0.3, -0.25) is 0 Å². The number of hydrogen-bond acceptors (Lipinski definition) is 0. The Hall–Kier alpha value is -1.13. The highest BCUT2D eigenvalue weighted by atomic mass is 31.1. The van der Waals surface area contributed by atoms with Gasteiger partial charge in [-0.15, -0.1) is 0 Å². The van der Waals surface area contributed by atoms with E-state index in [0.717, 1.165) is 0 Å². The molecule has 0 fully saturated rings. The number of unbranched alkanes of at least 4 members (excludes halogenated alkanes) is 2. The third-order valence-electron chi connectivity index (χ3n) is 3.01.